The number of carbonyl (C=O) groups is 2. The quantitative estimate of drug-likeness (QED) is 0.570. The predicted molar refractivity (Wildman–Crippen MR) is 49.2 cm³/mol. The van der Waals surface area contributed by atoms with Crippen molar-refractivity contribution in [2.24, 2.45) is 7.05 Å². The molecule has 0 radical (unpaired) electrons. The summed E-state index contributed by atoms with van der Waals surface area (Å²) in [5, 5.41) is 23.2. The van der Waals surface area contributed by atoms with Crippen molar-refractivity contribution in [2.75, 3.05) is 6.61 Å². The van der Waals surface area contributed by atoms with E-state index >= 15 is 0 Å². The van der Waals surface area contributed by atoms with E-state index in [1.165, 1.54) is 17.1 Å². The van der Waals surface area contributed by atoms with E-state index < -0.39 is 24.5 Å². The van der Waals surface area contributed by atoms with Gasteiger partial charge in [0.05, 0.1) is 18.4 Å². The lowest BCUT2D eigenvalue weighted by Crippen LogP contribution is -2.43. The van der Waals surface area contributed by atoms with E-state index in [4.69, 9.17) is 10.2 Å². The van der Waals surface area contributed by atoms with E-state index in [0.717, 1.165) is 0 Å². The van der Waals surface area contributed by atoms with Crippen molar-refractivity contribution in [3.8, 4) is 0 Å². The van der Waals surface area contributed by atoms with Crippen LogP contribution in [0.2, 0.25) is 0 Å². The molecule has 0 bridgehead atoms. The first-order valence-corrected chi connectivity index (χ1v) is 4.17. The maximum atomic E-state index is 11.4. The summed E-state index contributed by atoms with van der Waals surface area (Å²) in [7, 11) is 1.64. The average Bonchev–Trinajstić information content (AvgIpc) is 2.60. The molecule has 1 heterocycles. The van der Waals surface area contributed by atoms with Crippen molar-refractivity contribution in [1.29, 1.82) is 0 Å². The summed E-state index contributed by atoms with van der Waals surface area (Å²) < 4.78 is 1.42. The third kappa shape index (κ3) is 2.78. The summed E-state index contributed by atoms with van der Waals surface area (Å²) in [5.74, 6) is -1.86. The van der Waals surface area contributed by atoms with Gasteiger partial charge in [-0.05, 0) is 0 Å². The second-order valence-electron chi connectivity index (χ2n) is 2.95. The van der Waals surface area contributed by atoms with Crippen molar-refractivity contribution >= 4 is 11.9 Å². The van der Waals surface area contributed by atoms with Crippen LogP contribution in [-0.2, 0) is 11.8 Å². The van der Waals surface area contributed by atoms with Crippen LogP contribution in [0.25, 0.3) is 0 Å². The Morgan fingerprint density at radius 1 is 1.67 bits per heavy atom. The minimum absolute atomic E-state index is 0.247. The fourth-order valence-electron chi connectivity index (χ4n) is 0.966. The van der Waals surface area contributed by atoms with Gasteiger partial charge in [-0.2, -0.15) is 5.10 Å². The van der Waals surface area contributed by atoms with Gasteiger partial charge in [0.2, 0.25) is 0 Å². The molecular formula is C8H11N3O4. The summed E-state index contributed by atoms with van der Waals surface area (Å²) in [5.41, 5.74) is 0.247. The lowest BCUT2D eigenvalue weighted by molar-refractivity contribution is -0.140. The zero-order valence-corrected chi connectivity index (χ0v) is 8.04. The van der Waals surface area contributed by atoms with E-state index in [0.29, 0.717) is 0 Å². The number of amides is 1. The molecule has 0 aliphatic carbocycles. The number of aliphatic hydroxyl groups excluding tert-OH is 1. The third-order valence-corrected chi connectivity index (χ3v) is 1.75. The average molecular weight is 213 g/mol. The Balaban J connectivity index is 2.66. The minimum atomic E-state index is -1.29. The number of hydrogen-bond acceptors (Lipinski definition) is 4. The number of nitrogens with zero attached hydrogens (tertiary/aromatic N) is 2. The number of nitrogens with one attached hydrogen (secondary N) is 1. The largest absolute Gasteiger partial charge is 0.480 e. The fourth-order valence-corrected chi connectivity index (χ4v) is 0.966. The molecule has 0 saturated heterocycles. The van der Waals surface area contributed by atoms with Crippen LogP contribution in [-0.4, -0.2) is 44.5 Å². The van der Waals surface area contributed by atoms with Gasteiger partial charge in [0, 0.05) is 13.2 Å². The molecule has 0 aliphatic rings. The number of carboxylic acid groups (broad SMARTS) is 1. The van der Waals surface area contributed by atoms with Gasteiger partial charge in [0.15, 0.2) is 6.04 Å². The molecule has 1 aromatic rings. The summed E-state index contributed by atoms with van der Waals surface area (Å²) >= 11 is 0. The number of aliphatic hydroxyl groups is 1. The molecule has 1 aromatic heterocycles. The summed E-state index contributed by atoms with van der Waals surface area (Å²) in [6, 6.07) is -1.29. The van der Waals surface area contributed by atoms with Crippen LogP contribution in [0.1, 0.15) is 10.4 Å². The fraction of sp³-hybridized carbons (Fsp3) is 0.375. The highest BCUT2D eigenvalue weighted by molar-refractivity contribution is 5.96. The number of carbonyl (C=O) groups excluding carboxylic acids is 1. The minimum Gasteiger partial charge on any atom is -0.480 e. The van der Waals surface area contributed by atoms with Gasteiger partial charge in [0.25, 0.3) is 5.91 Å². The molecule has 0 spiro atoms. The number of aliphatic carboxylic acids is 1. The highest BCUT2D eigenvalue weighted by atomic mass is 16.4. The molecule has 7 nitrogen and oxygen atoms in total. The molecule has 0 saturated carbocycles. The standard InChI is InChI=1S/C8H11N3O4/c1-11-3-5(2-9-11)7(13)10-6(4-12)8(14)15/h2-3,6,12H,4H2,1H3,(H,10,13)(H,14,15). The highest BCUT2D eigenvalue weighted by Crippen LogP contribution is 1.96. The number of aromatic nitrogens is 2. The third-order valence-electron chi connectivity index (χ3n) is 1.75. The van der Waals surface area contributed by atoms with Crippen LogP contribution >= 0.6 is 0 Å². The van der Waals surface area contributed by atoms with Crippen LogP contribution in [0.5, 0.6) is 0 Å². The van der Waals surface area contributed by atoms with Gasteiger partial charge < -0.3 is 15.5 Å². The zero-order valence-electron chi connectivity index (χ0n) is 8.04. The second-order valence-corrected chi connectivity index (χ2v) is 2.95. The molecule has 0 fully saturated rings. The predicted octanol–water partition coefficient (Wildman–Crippen LogP) is -1.40. The number of hydrogen-bond donors (Lipinski definition) is 3. The van der Waals surface area contributed by atoms with Gasteiger partial charge >= 0.3 is 5.97 Å². The van der Waals surface area contributed by atoms with E-state index in [2.05, 4.69) is 10.4 Å². The van der Waals surface area contributed by atoms with Crippen LogP contribution in [0, 0.1) is 0 Å². The smallest absolute Gasteiger partial charge is 0.328 e. The maximum Gasteiger partial charge on any atom is 0.328 e. The van der Waals surface area contributed by atoms with Gasteiger partial charge in [-0.25, -0.2) is 4.79 Å². The SMILES string of the molecule is Cn1cc(C(=O)NC(CO)C(=O)O)cn1. The first-order valence-electron chi connectivity index (χ1n) is 4.17. The van der Waals surface area contributed by atoms with Crippen molar-refractivity contribution in [3.63, 3.8) is 0 Å². The molecule has 0 aliphatic heterocycles. The monoisotopic (exact) mass is 213 g/mol. The van der Waals surface area contributed by atoms with Gasteiger partial charge in [-0.3, -0.25) is 9.48 Å². The van der Waals surface area contributed by atoms with Crippen molar-refractivity contribution in [2.45, 2.75) is 6.04 Å². The summed E-state index contributed by atoms with van der Waals surface area (Å²) in [4.78, 5) is 21.9. The topological polar surface area (TPSA) is 104 Å². The lowest BCUT2D eigenvalue weighted by Gasteiger charge is -2.09. The molecule has 15 heavy (non-hydrogen) atoms. The maximum absolute atomic E-state index is 11.4. The Morgan fingerprint density at radius 3 is 2.73 bits per heavy atom. The Labute approximate surface area is 85.3 Å². The first kappa shape index (κ1) is 11.2. The molecule has 1 amide bonds. The lowest BCUT2D eigenvalue weighted by atomic mass is 10.2. The number of aryl methyl sites for hydroxylation is 1. The zero-order chi connectivity index (χ0) is 11.4. The van der Waals surface area contributed by atoms with Crippen molar-refractivity contribution in [1.82, 2.24) is 15.1 Å². The van der Waals surface area contributed by atoms with Crippen LogP contribution in [0.3, 0.4) is 0 Å². The molecule has 1 rings (SSSR count). The van der Waals surface area contributed by atoms with Crippen molar-refractivity contribution < 1.29 is 19.8 Å². The van der Waals surface area contributed by atoms with E-state index in [9.17, 15) is 9.59 Å². The first-order chi connectivity index (χ1) is 7.04. The van der Waals surface area contributed by atoms with Crippen LogP contribution in [0.15, 0.2) is 12.4 Å². The Bertz CT molecular complexity index is 374. The Morgan fingerprint density at radius 2 is 2.33 bits per heavy atom. The molecule has 1 unspecified atom stereocenters. The van der Waals surface area contributed by atoms with Crippen molar-refractivity contribution in [3.05, 3.63) is 18.0 Å². The highest BCUT2D eigenvalue weighted by Gasteiger charge is 2.19. The van der Waals surface area contributed by atoms with Gasteiger partial charge in [0.1, 0.15) is 0 Å². The normalized spacial score (nSPS) is 12.1. The summed E-state index contributed by atoms with van der Waals surface area (Å²) in [6.07, 6.45) is 2.76. The van der Waals surface area contributed by atoms with Gasteiger partial charge in [-0.1, -0.05) is 0 Å². The van der Waals surface area contributed by atoms with E-state index in [1.54, 1.807) is 7.05 Å². The van der Waals surface area contributed by atoms with E-state index in [-0.39, 0.29) is 5.56 Å². The summed E-state index contributed by atoms with van der Waals surface area (Å²) in [6.45, 7) is -0.651. The molecule has 7 heteroatoms. The van der Waals surface area contributed by atoms with Gasteiger partial charge in [-0.15, -0.1) is 0 Å². The molecule has 1 atom stereocenters. The molecule has 0 aromatic carbocycles. The Hall–Kier alpha value is -1.89. The number of carboxylic acids is 1. The van der Waals surface area contributed by atoms with Crippen LogP contribution in [0.4, 0.5) is 0 Å². The van der Waals surface area contributed by atoms with E-state index in [1.807, 2.05) is 0 Å². The molecule has 3 N–H and O–H groups in total. The number of rotatable bonds is 4. The molecule has 82 valence electrons. The van der Waals surface area contributed by atoms with Crippen LogP contribution < -0.4 is 5.32 Å². The molecular weight excluding hydrogens is 202 g/mol. The Kier molecular flexibility index (Phi) is 3.40. The second kappa shape index (κ2) is 4.56.